The summed E-state index contributed by atoms with van der Waals surface area (Å²) in [7, 11) is 0. The van der Waals surface area contributed by atoms with Crippen LogP contribution >= 0.6 is 0 Å². The van der Waals surface area contributed by atoms with Gasteiger partial charge in [0.1, 0.15) is 11.2 Å². The lowest BCUT2D eigenvalue weighted by Crippen LogP contribution is -2.48. The van der Waals surface area contributed by atoms with Crippen LogP contribution in [-0.2, 0) is 52.5 Å². The first-order chi connectivity index (χ1) is 14.3. The standard InChI is InChI=1S/C20H30O12/c1-10(21)28-14(16(24)25)15(29-11(2)22)18(27)30-12(17(26)32-20(6,7)8)9-13(23)31-19(3,4)5/h12,14-15H,9H2,1-8H3,(H,24,25)/t12-,14+,15+/m0/s1. The van der Waals surface area contributed by atoms with E-state index in [1.54, 1.807) is 20.8 Å². The Morgan fingerprint density at radius 3 is 1.50 bits per heavy atom. The average molecular weight is 462 g/mol. The van der Waals surface area contributed by atoms with E-state index in [-0.39, 0.29) is 0 Å². The van der Waals surface area contributed by atoms with Crippen molar-refractivity contribution >= 4 is 35.8 Å². The smallest absolute Gasteiger partial charge is 0.352 e. The van der Waals surface area contributed by atoms with Gasteiger partial charge in [-0.2, -0.15) is 0 Å². The van der Waals surface area contributed by atoms with Gasteiger partial charge >= 0.3 is 35.8 Å². The fraction of sp³-hybridized carbons (Fsp3) is 0.700. The molecular formula is C20H30O12. The largest absolute Gasteiger partial charge is 0.478 e. The number of ether oxygens (including phenoxy) is 5. The molecule has 0 unspecified atom stereocenters. The molecule has 0 amide bonds. The summed E-state index contributed by atoms with van der Waals surface area (Å²) in [5, 5.41) is 9.28. The molecule has 0 spiro atoms. The van der Waals surface area contributed by atoms with Gasteiger partial charge in [-0.05, 0) is 41.5 Å². The lowest BCUT2D eigenvalue weighted by Gasteiger charge is -2.27. The van der Waals surface area contributed by atoms with Gasteiger partial charge in [0.2, 0.25) is 18.3 Å². The van der Waals surface area contributed by atoms with Gasteiger partial charge in [0.25, 0.3) is 0 Å². The molecule has 182 valence electrons. The summed E-state index contributed by atoms with van der Waals surface area (Å²) in [5.41, 5.74) is -1.93. The molecule has 0 fully saturated rings. The Bertz CT molecular complexity index is 741. The molecule has 0 aliphatic rings. The monoisotopic (exact) mass is 462 g/mol. The Labute approximate surface area is 185 Å². The van der Waals surface area contributed by atoms with Crippen molar-refractivity contribution in [3.63, 3.8) is 0 Å². The predicted molar refractivity (Wildman–Crippen MR) is 105 cm³/mol. The van der Waals surface area contributed by atoms with E-state index in [1.807, 2.05) is 0 Å². The number of carbonyl (C=O) groups is 6. The molecule has 0 aromatic carbocycles. The van der Waals surface area contributed by atoms with Crippen LogP contribution in [0.15, 0.2) is 0 Å². The molecule has 0 radical (unpaired) electrons. The second kappa shape index (κ2) is 11.4. The zero-order valence-electron chi connectivity index (χ0n) is 19.4. The molecule has 3 atom stereocenters. The Balaban J connectivity index is 5.90. The maximum Gasteiger partial charge on any atom is 0.352 e. The van der Waals surface area contributed by atoms with Crippen molar-refractivity contribution in [1.82, 2.24) is 0 Å². The van der Waals surface area contributed by atoms with Gasteiger partial charge in [-0.1, -0.05) is 0 Å². The highest BCUT2D eigenvalue weighted by atomic mass is 16.6. The number of esters is 5. The third kappa shape index (κ3) is 11.9. The minimum absolute atomic E-state index is 0.768. The van der Waals surface area contributed by atoms with Crippen LogP contribution in [0.1, 0.15) is 61.8 Å². The summed E-state index contributed by atoms with van der Waals surface area (Å²) < 4.78 is 24.4. The normalized spacial score (nSPS) is 14.2. The van der Waals surface area contributed by atoms with Crippen LogP contribution < -0.4 is 0 Å². The minimum Gasteiger partial charge on any atom is -0.478 e. The van der Waals surface area contributed by atoms with Crippen LogP contribution in [0.2, 0.25) is 0 Å². The van der Waals surface area contributed by atoms with E-state index >= 15 is 0 Å². The fourth-order valence-corrected chi connectivity index (χ4v) is 2.12. The van der Waals surface area contributed by atoms with E-state index in [2.05, 4.69) is 9.47 Å². The number of rotatable bonds is 9. The number of carboxylic acids is 1. The van der Waals surface area contributed by atoms with Crippen molar-refractivity contribution in [2.75, 3.05) is 0 Å². The van der Waals surface area contributed by atoms with Crippen LogP contribution in [0, 0.1) is 0 Å². The third-order valence-corrected chi connectivity index (χ3v) is 3.04. The molecule has 12 nitrogen and oxygen atoms in total. The SMILES string of the molecule is CC(=O)O[C@@H](C(=O)O)[C@@H](OC(C)=O)C(=O)O[C@@H](CC(=O)OC(C)(C)C)C(=O)OC(C)(C)C. The Kier molecular flexibility index (Phi) is 10.3. The molecular weight excluding hydrogens is 432 g/mol. The number of carbonyl (C=O) groups excluding carboxylic acids is 5. The zero-order valence-corrected chi connectivity index (χ0v) is 19.4. The summed E-state index contributed by atoms with van der Waals surface area (Å²) in [6.07, 6.45) is -7.14. The van der Waals surface area contributed by atoms with Crippen LogP contribution in [-0.4, -0.2) is 70.4 Å². The molecule has 0 aliphatic heterocycles. The number of carboxylic acid groups (broad SMARTS) is 1. The first-order valence-electron chi connectivity index (χ1n) is 9.55. The third-order valence-electron chi connectivity index (χ3n) is 3.04. The summed E-state index contributed by atoms with van der Waals surface area (Å²) in [4.78, 5) is 71.4. The highest BCUT2D eigenvalue weighted by Gasteiger charge is 2.43. The van der Waals surface area contributed by atoms with Crippen LogP contribution in [0.5, 0.6) is 0 Å². The van der Waals surface area contributed by atoms with Crippen molar-refractivity contribution < 1.29 is 57.6 Å². The highest BCUT2D eigenvalue weighted by Crippen LogP contribution is 2.17. The van der Waals surface area contributed by atoms with E-state index in [0.29, 0.717) is 0 Å². The average Bonchev–Trinajstić information content (AvgIpc) is 2.53. The Morgan fingerprint density at radius 2 is 1.12 bits per heavy atom. The van der Waals surface area contributed by atoms with Crippen molar-refractivity contribution in [3.8, 4) is 0 Å². The lowest BCUT2D eigenvalue weighted by molar-refractivity contribution is -0.196. The molecule has 0 bridgehead atoms. The molecule has 32 heavy (non-hydrogen) atoms. The van der Waals surface area contributed by atoms with E-state index in [1.165, 1.54) is 20.8 Å². The summed E-state index contributed by atoms with van der Waals surface area (Å²) in [5.74, 6) is -7.58. The lowest BCUT2D eigenvalue weighted by atomic mass is 10.1. The summed E-state index contributed by atoms with van der Waals surface area (Å²) >= 11 is 0. The first kappa shape index (κ1) is 28.8. The van der Waals surface area contributed by atoms with Crippen molar-refractivity contribution in [2.24, 2.45) is 0 Å². The zero-order chi connectivity index (χ0) is 25.4. The van der Waals surface area contributed by atoms with E-state index in [4.69, 9.17) is 14.2 Å². The summed E-state index contributed by atoms with van der Waals surface area (Å²) in [6.45, 7) is 11.1. The molecule has 0 aromatic rings. The van der Waals surface area contributed by atoms with Gasteiger partial charge in [0, 0.05) is 13.8 Å². The maximum atomic E-state index is 12.6. The van der Waals surface area contributed by atoms with Gasteiger partial charge < -0.3 is 28.8 Å². The second-order valence-corrected chi connectivity index (χ2v) is 8.65. The second-order valence-electron chi connectivity index (χ2n) is 8.65. The number of aliphatic carboxylic acids is 1. The molecule has 12 heteroatoms. The Hall–Kier alpha value is -3.18. The molecule has 0 heterocycles. The van der Waals surface area contributed by atoms with Gasteiger partial charge in [-0.3, -0.25) is 14.4 Å². The van der Waals surface area contributed by atoms with Gasteiger partial charge in [-0.25, -0.2) is 14.4 Å². The molecule has 0 aromatic heterocycles. The minimum atomic E-state index is -2.26. The number of hydrogen-bond donors (Lipinski definition) is 1. The summed E-state index contributed by atoms with van der Waals surface area (Å²) in [6, 6.07) is 0. The molecule has 0 saturated carbocycles. The first-order valence-corrected chi connectivity index (χ1v) is 9.55. The van der Waals surface area contributed by atoms with E-state index in [9.17, 15) is 33.9 Å². The van der Waals surface area contributed by atoms with Gasteiger partial charge in [0.15, 0.2) is 0 Å². The Morgan fingerprint density at radius 1 is 0.688 bits per heavy atom. The van der Waals surface area contributed by atoms with E-state index in [0.717, 1.165) is 13.8 Å². The van der Waals surface area contributed by atoms with Gasteiger partial charge in [0.05, 0.1) is 6.42 Å². The molecule has 0 aliphatic carbocycles. The fourth-order valence-electron chi connectivity index (χ4n) is 2.12. The maximum absolute atomic E-state index is 12.6. The van der Waals surface area contributed by atoms with Crippen molar-refractivity contribution in [2.45, 2.75) is 91.3 Å². The van der Waals surface area contributed by atoms with Crippen LogP contribution in [0.25, 0.3) is 0 Å². The van der Waals surface area contributed by atoms with E-state index < -0.39 is 71.8 Å². The molecule has 1 N–H and O–H groups in total. The predicted octanol–water partition coefficient (Wildman–Crippen LogP) is 0.920. The van der Waals surface area contributed by atoms with Crippen LogP contribution in [0.3, 0.4) is 0 Å². The van der Waals surface area contributed by atoms with Crippen molar-refractivity contribution in [3.05, 3.63) is 0 Å². The quantitative estimate of drug-likeness (QED) is 0.380. The van der Waals surface area contributed by atoms with Crippen molar-refractivity contribution in [1.29, 1.82) is 0 Å². The topological polar surface area (TPSA) is 169 Å². The molecule has 0 rings (SSSR count). The molecule has 0 saturated heterocycles. The van der Waals surface area contributed by atoms with Crippen LogP contribution in [0.4, 0.5) is 0 Å². The highest BCUT2D eigenvalue weighted by molar-refractivity contribution is 5.90. The van der Waals surface area contributed by atoms with Gasteiger partial charge in [-0.15, -0.1) is 0 Å². The number of hydrogen-bond acceptors (Lipinski definition) is 11.